The second kappa shape index (κ2) is 11.3. The first-order chi connectivity index (χ1) is 14.2. The van der Waals surface area contributed by atoms with E-state index in [9.17, 15) is 14.4 Å². The Morgan fingerprint density at radius 2 is 1.70 bits per heavy atom. The minimum absolute atomic E-state index is 0.0891. The van der Waals surface area contributed by atoms with E-state index < -0.39 is 23.9 Å². The smallest absolute Gasteiger partial charge is 0.410 e. The minimum atomic E-state index is -0.606. The molecule has 0 radical (unpaired) electrons. The average Bonchev–Trinajstić information content (AvgIpc) is 3.16. The van der Waals surface area contributed by atoms with Gasteiger partial charge in [0.05, 0.1) is 6.04 Å². The standard InChI is InChI=1S/C21H31N3O6/c1-21(2,3)30-19(26)23-12-11-22-18(25)28-15-17-10-7-13-24(17)20(27)29-14-16-8-5-4-6-9-16/h4-6,8-9,17H,7,10-15H2,1-3H3,(H,22,25)(H,23,26)/t17-/m0/s1. The lowest BCUT2D eigenvalue weighted by atomic mass is 10.2. The molecule has 1 aliphatic heterocycles. The molecule has 3 amide bonds. The highest BCUT2D eigenvalue weighted by atomic mass is 16.6. The fourth-order valence-corrected chi connectivity index (χ4v) is 2.92. The van der Waals surface area contributed by atoms with Crippen LogP contribution in [0, 0.1) is 0 Å². The Hall–Kier alpha value is -2.97. The molecule has 1 aromatic rings. The summed E-state index contributed by atoms with van der Waals surface area (Å²) < 4.78 is 15.7. The lowest BCUT2D eigenvalue weighted by Crippen LogP contribution is -2.41. The molecule has 9 heteroatoms. The Kier molecular flexibility index (Phi) is 8.76. The summed E-state index contributed by atoms with van der Waals surface area (Å²) in [5.41, 5.74) is 0.337. The number of rotatable bonds is 7. The third-order valence-electron chi connectivity index (χ3n) is 4.29. The van der Waals surface area contributed by atoms with Gasteiger partial charge in [-0.15, -0.1) is 0 Å². The molecule has 1 fully saturated rings. The number of hydrogen-bond donors (Lipinski definition) is 2. The molecule has 0 spiro atoms. The maximum atomic E-state index is 12.3. The first-order valence-corrected chi connectivity index (χ1v) is 10.1. The third-order valence-corrected chi connectivity index (χ3v) is 4.29. The summed E-state index contributed by atoms with van der Waals surface area (Å²) in [5.74, 6) is 0. The summed E-state index contributed by atoms with van der Waals surface area (Å²) in [6.45, 7) is 6.59. The second-order valence-corrected chi connectivity index (χ2v) is 7.98. The van der Waals surface area contributed by atoms with Crippen LogP contribution in [-0.2, 0) is 20.8 Å². The van der Waals surface area contributed by atoms with Gasteiger partial charge in [0.25, 0.3) is 0 Å². The van der Waals surface area contributed by atoms with Gasteiger partial charge >= 0.3 is 18.3 Å². The highest BCUT2D eigenvalue weighted by Crippen LogP contribution is 2.19. The molecule has 0 aliphatic carbocycles. The van der Waals surface area contributed by atoms with Gasteiger partial charge in [-0.1, -0.05) is 30.3 Å². The predicted molar refractivity (Wildman–Crippen MR) is 110 cm³/mol. The van der Waals surface area contributed by atoms with Crippen molar-refractivity contribution in [2.45, 2.75) is 51.9 Å². The number of benzene rings is 1. The van der Waals surface area contributed by atoms with Gasteiger partial charge in [-0.05, 0) is 39.2 Å². The first kappa shape index (κ1) is 23.3. The van der Waals surface area contributed by atoms with Crippen molar-refractivity contribution in [1.29, 1.82) is 0 Å². The highest BCUT2D eigenvalue weighted by molar-refractivity contribution is 5.69. The summed E-state index contributed by atoms with van der Waals surface area (Å²) in [6.07, 6.45) is 0.00905. The Labute approximate surface area is 177 Å². The number of hydrogen-bond acceptors (Lipinski definition) is 6. The molecule has 2 rings (SSSR count). The van der Waals surface area contributed by atoms with Crippen molar-refractivity contribution < 1.29 is 28.6 Å². The molecule has 1 saturated heterocycles. The Morgan fingerprint density at radius 1 is 1.03 bits per heavy atom. The van der Waals surface area contributed by atoms with Gasteiger partial charge in [0, 0.05) is 19.6 Å². The molecule has 0 aromatic heterocycles. The molecule has 1 aliphatic rings. The molecular weight excluding hydrogens is 390 g/mol. The summed E-state index contributed by atoms with van der Waals surface area (Å²) in [5, 5.41) is 5.09. The van der Waals surface area contributed by atoms with Gasteiger partial charge in [-0.3, -0.25) is 0 Å². The first-order valence-electron chi connectivity index (χ1n) is 10.1. The number of nitrogens with one attached hydrogen (secondary N) is 2. The monoisotopic (exact) mass is 421 g/mol. The number of nitrogens with zero attached hydrogens (tertiary/aromatic N) is 1. The van der Waals surface area contributed by atoms with E-state index in [0.717, 1.165) is 18.4 Å². The van der Waals surface area contributed by atoms with Crippen molar-refractivity contribution in [3.05, 3.63) is 35.9 Å². The lowest BCUT2D eigenvalue weighted by molar-refractivity contribution is 0.0526. The largest absolute Gasteiger partial charge is 0.447 e. The average molecular weight is 421 g/mol. The number of likely N-dealkylation sites (tertiary alicyclic amines) is 1. The van der Waals surface area contributed by atoms with Crippen molar-refractivity contribution in [2.75, 3.05) is 26.2 Å². The lowest BCUT2D eigenvalue weighted by Gasteiger charge is -2.23. The molecule has 2 N–H and O–H groups in total. The minimum Gasteiger partial charge on any atom is -0.447 e. The van der Waals surface area contributed by atoms with Crippen molar-refractivity contribution in [3.8, 4) is 0 Å². The Morgan fingerprint density at radius 3 is 2.37 bits per heavy atom. The molecule has 30 heavy (non-hydrogen) atoms. The van der Waals surface area contributed by atoms with Gasteiger partial charge in [0.2, 0.25) is 0 Å². The zero-order chi connectivity index (χ0) is 22.0. The molecular formula is C21H31N3O6. The molecule has 1 heterocycles. The molecule has 0 bridgehead atoms. The van der Waals surface area contributed by atoms with E-state index in [-0.39, 0.29) is 32.3 Å². The van der Waals surface area contributed by atoms with Crippen LogP contribution in [0.5, 0.6) is 0 Å². The van der Waals surface area contributed by atoms with Crippen LogP contribution in [0.15, 0.2) is 30.3 Å². The van der Waals surface area contributed by atoms with Crippen LogP contribution in [0.1, 0.15) is 39.2 Å². The van der Waals surface area contributed by atoms with Crippen molar-refractivity contribution in [1.82, 2.24) is 15.5 Å². The molecule has 0 unspecified atom stereocenters. The van der Waals surface area contributed by atoms with Crippen molar-refractivity contribution in [3.63, 3.8) is 0 Å². The normalized spacial score (nSPS) is 16.0. The van der Waals surface area contributed by atoms with Gasteiger partial charge < -0.3 is 29.7 Å². The maximum absolute atomic E-state index is 12.3. The van der Waals surface area contributed by atoms with Crippen LogP contribution < -0.4 is 10.6 Å². The van der Waals surface area contributed by atoms with Crippen LogP contribution in [0.4, 0.5) is 14.4 Å². The van der Waals surface area contributed by atoms with E-state index >= 15 is 0 Å². The molecule has 1 atom stereocenters. The topological polar surface area (TPSA) is 106 Å². The van der Waals surface area contributed by atoms with Crippen molar-refractivity contribution >= 4 is 18.3 Å². The SMILES string of the molecule is CC(C)(C)OC(=O)NCCNC(=O)OC[C@@H]1CCCN1C(=O)OCc1ccccc1. The number of carbonyl (C=O) groups excluding carboxylic acids is 3. The van der Waals surface area contributed by atoms with Crippen LogP contribution >= 0.6 is 0 Å². The molecule has 0 saturated carbocycles. The zero-order valence-electron chi connectivity index (χ0n) is 17.8. The maximum Gasteiger partial charge on any atom is 0.410 e. The van der Waals surface area contributed by atoms with Crippen LogP contribution in [0.3, 0.4) is 0 Å². The zero-order valence-corrected chi connectivity index (χ0v) is 17.8. The van der Waals surface area contributed by atoms with E-state index in [0.29, 0.717) is 6.54 Å². The predicted octanol–water partition coefficient (Wildman–Crippen LogP) is 3.04. The van der Waals surface area contributed by atoms with Gasteiger partial charge in [0.15, 0.2) is 0 Å². The Balaban J connectivity index is 1.63. The number of carbonyl (C=O) groups is 3. The Bertz CT molecular complexity index is 704. The fraction of sp³-hybridized carbons (Fsp3) is 0.571. The van der Waals surface area contributed by atoms with E-state index in [2.05, 4.69) is 10.6 Å². The fourth-order valence-electron chi connectivity index (χ4n) is 2.92. The second-order valence-electron chi connectivity index (χ2n) is 7.98. The quantitative estimate of drug-likeness (QED) is 0.518. The summed E-state index contributed by atoms with van der Waals surface area (Å²) >= 11 is 0. The van der Waals surface area contributed by atoms with E-state index in [1.165, 1.54) is 0 Å². The summed E-state index contributed by atoms with van der Waals surface area (Å²) in [6, 6.07) is 9.24. The number of ether oxygens (including phenoxy) is 3. The molecule has 166 valence electrons. The van der Waals surface area contributed by atoms with Crippen LogP contribution in [0.25, 0.3) is 0 Å². The van der Waals surface area contributed by atoms with Crippen molar-refractivity contribution in [2.24, 2.45) is 0 Å². The summed E-state index contributed by atoms with van der Waals surface area (Å²) in [4.78, 5) is 37.3. The molecule has 1 aromatic carbocycles. The number of alkyl carbamates (subject to hydrolysis) is 2. The summed E-state index contributed by atoms with van der Waals surface area (Å²) in [7, 11) is 0. The van der Waals surface area contributed by atoms with E-state index in [4.69, 9.17) is 14.2 Å². The molecule has 9 nitrogen and oxygen atoms in total. The van der Waals surface area contributed by atoms with E-state index in [1.807, 2.05) is 30.3 Å². The van der Waals surface area contributed by atoms with Gasteiger partial charge in [0.1, 0.15) is 18.8 Å². The van der Waals surface area contributed by atoms with Gasteiger partial charge in [-0.2, -0.15) is 0 Å². The highest BCUT2D eigenvalue weighted by Gasteiger charge is 2.31. The van der Waals surface area contributed by atoms with E-state index in [1.54, 1.807) is 25.7 Å². The van der Waals surface area contributed by atoms with Gasteiger partial charge in [-0.25, -0.2) is 14.4 Å². The van der Waals surface area contributed by atoms with Crippen LogP contribution in [-0.4, -0.2) is 61.1 Å². The van der Waals surface area contributed by atoms with Crippen LogP contribution in [0.2, 0.25) is 0 Å². The number of amides is 3. The third kappa shape index (κ3) is 8.59.